The normalized spacial score (nSPS) is 10.0. The number of nitrogens with zero attached hydrogens (tertiary/aromatic N) is 2. The molecule has 17 heavy (non-hydrogen) atoms. The minimum atomic E-state index is -1.01. The van der Waals surface area contributed by atoms with Crippen LogP contribution in [0.2, 0.25) is 0 Å². The molecule has 6 nitrogen and oxygen atoms in total. The summed E-state index contributed by atoms with van der Waals surface area (Å²) >= 11 is 0. The molecule has 0 radical (unpaired) electrons. The van der Waals surface area contributed by atoms with Crippen LogP contribution in [0.5, 0.6) is 0 Å². The molecule has 0 aromatic heterocycles. The Bertz CT molecular complexity index is 445. The van der Waals surface area contributed by atoms with E-state index < -0.39 is 10.9 Å². The van der Waals surface area contributed by atoms with Gasteiger partial charge in [-0.2, -0.15) is 0 Å². The first-order chi connectivity index (χ1) is 7.97. The van der Waals surface area contributed by atoms with Crippen LogP contribution in [0.4, 0.5) is 11.4 Å². The van der Waals surface area contributed by atoms with Gasteiger partial charge in [0.2, 0.25) is 0 Å². The fraction of sp³-hybridized carbons (Fsp3) is 0.364. The minimum absolute atomic E-state index is 0.0619. The lowest BCUT2D eigenvalue weighted by Crippen LogP contribution is -2.30. The molecule has 0 bridgehead atoms. The number of likely N-dealkylation sites (N-methyl/N-ethyl adjacent to an activating group) is 1. The van der Waals surface area contributed by atoms with E-state index in [2.05, 4.69) is 0 Å². The molecule has 0 atom stereocenters. The molecular formula is C11H14N2O4. The number of aliphatic carboxylic acids is 1. The Morgan fingerprint density at radius 1 is 1.53 bits per heavy atom. The highest BCUT2D eigenvalue weighted by atomic mass is 16.6. The van der Waals surface area contributed by atoms with E-state index in [4.69, 9.17) is 5.11 Å². The number of hydrogen-bond acceptors (Lipinski definition) is 4. The molecule has 0 aliphatic heterocycles. The van der Waals surface area contributed by atoms with Gasteiger partial charge in [0.1, 0.15) is 12.2 Å². The van der Waals surface area contributed by atoms with Crippen molar-refractivity contribution in [3.05, 3.63) is 33.9 Å². The predicted octanol–water partition coefficient (Wildman–Crippen LogP) is 1.81. The first kappa shape index (κ1) is 13.0. The van der Waals surface area contributed by atoms with Gasteiger partial charge in [-0.15, -0.1) is 0 Å². The number of rotatable bonds is 5. The Morgan fingerprint density at radius 3 is 2.65 bits per heavy atom. The summed E-state index contributed by atoms with van der Waals surface area (Å²) < 4.78 is 0. The van der Waals surface area contributed by atoms with Crippen molar-refractivity contribution in [3.63, 3.8) is 0 Å². The van der Waals surface area contributed by atoms with Gasteiger partial charge in [-0.1, -0.05) is 12.1 Å². The van der Waals surface area contributed by atoms with E-state index in [1.54, 1.807) is 26.0 Å². The van der Waals surface area contributed by atoms with E-state index in [-0.39, 0.29) is 12.2 Å². The van der Waals surface area contributed by atoms with E-state index in [1.165, 1.54) is 11.0 Å². The van der Waals surface area contributed by atoms with Crippen molar-refractivity contribution in [2.45, 2.75) is 13.8 Å². The number of para-hydroxylation sites is 1. The third-order valence-electron chi connectivity index (χ3n) is 2.44. The lowest BCUT2D eigenvalue weighted by Gasteiger charge is -2.22. The van der Waals surface area contributed by atoms with Gasteiger partial charge < -0.3 is 10.0 Å². The number of anilines is 1. The molecule has 0 spiro atoms. The number of hydrogen-bond donors (Lipinski definition) is 1. The number of carboxylic acids is 1. The van der Waals surface area contributed by atoms with Gasteiger partial charge in [-0.3, -0.25) is 14.9 Å². The smallest absolute Gasteiger partial charge is 0.323 e. The summed E-state index contributed by atoms with van der Waals surface area (Å²) in [5.74, 6) is -1.01. The summed E-state index contributed by atoms with van der Waals surface area (Å²) in [6.07, 6.45) is 0. The minimum Gasteiger partial charge on any atom is -0.480 e. The van der Waals surface area contributed by atoms with Crippen molar-refractivity contribution in [1.29, 1.82) is 0 Å². The lowest BCUT2D eigenvalue weighted by molar-refractivity contribution is -0.384. The second kappa shape index (κ2) is 5.29. The Hall–Kier alpha value is -2.11. The zero-order chi connectivity index (χ0) is 13.0. The Kier molecular flexibility index (Phi) is 4.03. The van der Waals surface area contributed by atoms with E-state index >= 15 is 0 Å². The summed E-state index contributed by atoms with van der Waals surface area (Å²) in [6.45, 7) is 3.64. The topological polar surface area (TPSA) is 83.7 Å². The summed E-state index contributed by atoms with van der Waals surface area (Å²) in [5, 5.41) is 19.7. The van der Waals surface area contributed by atoms with E-state index in [0.717, 1.165) is 0 Å². The highest BCUT2D eigenvalue weighted by molar-refractivity contribution is 5.77. The van der Waals surface area contributed by atoms with Crippen LogP contribution >= 0.6 is 0 Å². The fourth-order valence-electron chi connectivity index (χ4n) is 1.71. The maximum atomic E-state index is 10.9. The molecule has 0 saturated heterocycles. The summed E-state index contributed by atoms with van der Waals surface area (Å²) in [6, 6.07) is 4.70. The van der Waals surface area contributed by atoms with Gasteiger partial charge >= 0.3 is 5.97 Å². The van der Waals surface area contributed by atoms with Gasteiger partial charge in [0, 0.05) is 12.6 Å². The lowest BCUT2D eigenvalue weighted by atomic mass is 10.1. The van der Waals surface area contributed by atoms with Crippen molar-refractivity contribution in [2.75, 3.05) is 18.0 Å². The molecule has 0 aliphatic rings. The number of carbonyl (C=O) groups is 1. The first-order valence-electron chi connectivity index (χ1n) is 5.18. The maximum Gasteiger partial charge on any atom is 0.323 e. The average Bonchev–Trinajstić information content (AvgIpc) is 2.25. The van der Waals surface area contributed by atoms with Gasteiger partial charge in [-0.05, 0) is 19.4 Å². The maximum absolute atomic E-state index is 10.9. The van der Waals surface area contributed by atoms with Crippen molar-refractivity contribution in [3.8, 4) is 0 Å². The molecule has 0 amide bonds. The molecule has 6 heteroatoms. The van der Waals surface area contributed by atoms with E-state index in [9.17, 15) is 14.9 Å². The van der Waals surface area contributed by atoms with Crippen LogP contribution in [0.1, 0.15) is 12.5 Å². The van der Waals surface area contributed by atoms with Crippen molar-refractivity contribution >= 4 is 17.3 Å². The number of carboxylic acid groups (broad SMARTS) is 1. The highest BCUT2D eigenvalue weighted by Gasteiger charge is 2.21. The zero-order valence-electron chi connectivity index (χ0n) is 9.71. The van der Waals surface area contributed by atoms with Gasteiger partial charge in [0.15, 0.2) is 0 Å². The summed E-state index contributed by atoms with van der Waals surface area (Å²) in [4.78, 5) is 22.6. The molecule has 1 rings (SSSR count). The van der Waals surface area contributed by atoms with Crippen molar-refractivity contribution in [2.24, 2.45) is 0 Å². The molecule has 0 unspecified atom stereocenters. The second-order valence-electron chi connectivity index (χ2n) is 3.61. The quantitative estimate of drug-likeness (QED) is 0.624. The number of aryl methyl sites for hydroxylation is 1. The molecule has 1 aromatic rings. The SMILES string of the molecule is CCN(CC(=O)O)c1c(C)cccc1[N+](=O)[O-]. The van der Waals surface area contributed by atoms with Gasteiger partial charge in [0.25, 0.3) is 5.69 Å². The van der Waals surface area contributed by atoms with E-state index in [1.807, 2.05) is 0 Å². The van der Waals surface area contributed by atoms with Crippen LogP contribution in [0.25, 0.3) is 0 Å². The monoisotopic (exact) mass is 238 g/mol. The Labute approximate surface area is 98.6 Å². The number of benzene rings is 1. The Morgan fingerprint density at radius 2 is 2.18 bits per heavy atom. The second-order valence-corrected chi connectivity index (χ2v) is 3.61. The van der Waals surface area contributed by atoms with Crippen LogP contribution in [-0.2, 0) is 4.79 Å². The van der Waals surface area contributed by atoms with Crippen LogP contribution < -0.4 is 4.90 Å². The fourth-order valence-corrected chi connectivity index (χ4v) is 1.71. The van der Waals surface area contributed by atoms with E-state index in [0.29, 0.717) is 17.8 Å². The standard InChI is InChI=1S/C11H14N2O4/c1-3-12(7-10(14)15)11-8(2)5-4-6-9(11)13(16)17/h4-6H,3,7H2,1-2H3,(H,14,15). The molecule has 0 fully saturated rings. The summed E-state index contributed by atoms with van der Waals surface area (Å²) in [7, 11) is 0. The zero-order valence-corrected chi connectivity index (χ0v) is 9.71. The first-order valence-corrected chi connectivity index (χ1v) is 5.18. The van der Waals surface area contributed by atoms with Crippen LogP contribution in [0.3, 0.4) is 0 Å². The van der Waals surface area contributed by atoms with Gasteiger partial charge in [-0.25, -0.2) is 0 Å². The highest BCUT2D eigenvalue weighted by Crippen LogP contribution is 2.31. The number of nitro benzene ring substituents is 1. The average molecular weight is 238 g/mol. The predicted molar refractivity (Wildman–Crippen MR) is 63.4 cm³/mol. The molecular weight excluding hydrogens is 224 g/mol. The third kappa shape index (κ3) is 2.93. The molecule has 92 valence electrons. The number of nitro groups is 1. The third-order valence-corrected chi connectivity index (χ3v) is 2.44. The Balaban J connectivity index is 3.25. The molecule has 0 saturated carbocycles. The van der Waals surface area contributed by atoms with Crippen molar-refractivity contribution < 1.29 is 14.8 Å². The molecule has 1 aromatic carbocycles. The van der Waals surface area contributed by atoms with Crippen LogP contribution in [0, 0.1) is 17.0 Å². The van der Waals surface area contributed by atoms with Gasteiger partial charge in [0.05, 0.1) is 4.92 Å². The molecule has 0 aliphatic carbocycles. The summed E-state index contributed by atoms with van der Waals surface area (Å²) in [5.41, 5.74) is 1.01. The molecule has 0 heterocycles. The van der Waals surface area contributed by atoms with Crippen LogP contribution in [-0.4, -0.2) is 29.1 Å². The van der Waals surface area contributed by atoms with Crippen LogP contribution in [0.15, 0.2) is 18.2 Å². The largest absolute Gasteiger partial charge is 0.480 e. The molecule has 1 N–H and O–H groups in total. The van der Waals surface area contributed by atoms with Crippen molar-refractivity contribution in [1.82, 2.24) is 0 Å².